The highest BCUT2D eigenvalue weighted by molar-refractivity contribution is 5.54. The highest BCUT2D eigenvalue weighted by Crippen LogP contribution is 2.18. The molecule has 98 valence electrons. The normalized spacial score (nSPS) is 10.8. The summed E-state index contributed by atoms with van der Waals surface area (Å²) in [6.07, 6.45) is 5.19. The highest BCUT2D eigenvalue weighted by atomic mass is 15.1. The number of nitrogen functional groups attached to an aromatic ring is 1. The summed E-state index contributed by atoms with van der Waals surface area (Å²) in [4.78, 5) is 2.15. The quantitative estimate of drug-likeness (QED) is 0.839. The van der Waals surface area contributed by atoms with Crippen molar-refractivity contribution in [1.82, 2.24) is 0 Å². The van der Waals surface area contributed by atoms with E-state index >= 15 is 0 Å². The van der Waals surface area contributed by atoms with Crippen LogP contribution in [0.15, 0.2) is 60.8 Å². The van der Waals surface area contributed by atoms with Crippen molar-refractivity contribution in [2.45, 2.75) is 13.3 Å². The second-order valence-corrected chi connectivity index (χ2v) is 4.73. The molecule has 2 aromatic carbocycles. The summed E-state index contributed by atoms with van der Waals surface area (Å²) >= 11 is 0. The third-order valence-electron chi connectivity index (χ3n) is 3.16. The maximum Gasteiger partial charge on any atom is 0.0433 e. The predicted octanol–water partition coefficient (Wildman–Crippen LogP) is 3.77. The second kappa shape index (κ2) is 6.10. The molecule has 2 heteroatoms. The first-order chi connectivity index (χ1) is 9.16. The SMILES string of the molecule is Cc1ccccc1N(C)C=CCc1ccc(N)cc1. The lowest BCUT2D eigenvalue weighted by Gasteiger charge is -2.16. The van der Waals surface area contributed by atoms with Gasteiger partial charge in [0.2, 0.25) is 0 Å². The average Bonchev–Trinajstić information content (AvgIpc) is 2.41. The van der Waals surface area contributed by atoms with E-state index in [1.165, 1.54) is 16.8 Å². The number of rotatable bonds is 4. The van der Waals surface area contributed by atoms with Crippen LogP contribution in [-0.2, 0) is 6.42 Å². The number of aryl methyl sites for hydroxylation is 1. The fourth-order valence-corrected chi connectivity index (χ4v) is 2.04. The van der Waals surface area contributed by atoms with E-state index in [1.807, 2.05) is 12.1 Å². The first-order valence-electron chi connectivity index (χ1n) is 6.46. The van der Waals surface area contributed by atoms with Crippen LogP contribution in [0.1, 0.15) is 11.1 Å². The van der Waals surface area contributed by atoms with Crippen molar-refractivity contribution in [3.05, 3.63) is 71.9 Å². The van der Waals surface area contributed by atoms with Gasteiger partial charge in [-0.3, -0.25) is 0 Å². The van der Waals surface area contributed by atoms with Gasteiger partial charge in [0.15, 0.2) is 0 Å². The molecule has 0 saturated heterocycles. The van der Waals surface area contributed by atoms with Crippen LogP contribution in [0.4, 0.5) is 11.4 Å². The molecule has 0 atom stereocenters. The number of nitrogens with two attached hydrogens (primary N) is 1. The minimum absolute atomic E-state index is 0.810. The van der Waals surface area contributed by atoms with E-state index in [4.69, 9.17) is 5.73 Å². The van der Waals surface area contributed by atoms with Crippen LogP contribution in [0.2, 0.25) is 0 Å². The number of allylic oxidation sites excluding steroid dienone is 1. The monoisotopic (exact) mass is 252 g/mol. The summed E-state index contributed by atoms with van der Waals surface area (Å²) in [5, 5.41) is 0. The van der Waals surface area contributed by atoms with Crippen molar-refractivity contribution < 1.29 is 0 Å². The summed E-state index contributed by atoms with van der Waals surface area (Å²) in [7, 11) is 2.07. The smallest absolute Gasteiger partial charge is 0.0433 e. The molecule has 19 heavy (non-hydrogen) atoms. The van der Waals surface area contributed by atoms with Crippen molar-refractivity contribution in [2.75, 3.05) is 17.7 Å². The molecule has 0 aliphatic carbocycles. The lowest BCUT2D eigenvalue weighted by atomic mass is 10.1. The molecule has 2 rings (SSSR count). The lowest BCUT2D eigenvalue weighted by Crippen LogP contribution is -2.09. The fraction of sp³-hybridized carbons (Fsp3) is 0.176. The minimum Gasteiger partial charge on any atom is -0.399 e. The van der Waals surface area contributed by atoms with E-state index in [2.05, 4.69) is 67.5 Å². The third-order valence-corrected chi connectivity index (χ3v) is 3.16. The first-order valence-corrected chi connectivity index (χ1v) is 6.46. The number of hydrogen-bond acceptors (Lipinski definition) is 2. The Kier molecular flexibility index (Phi) is 4.24. The van der Waals surface area contributed by atoms with Crippen LogP contribution in [0.3, 0.4) is 0 Å². The maximum absolute atomic E-state index is 5.67. The summed E-state index contributed by atoms with van der Waals surface area (Å²) in [6, 6.07) is 16.4. The van der Waals surface area contributed by atoms with Crippen molar-refractivity contribution >= 4 is 11.4 Å². The van der Waals surface area contributed by atoms with Crippen molar-refractivity contribution in [2.24, 2.45) is 0 Å². The minimum atomic E-state index is 0.810. The van der Waals surface area contributed by atoms with E-state index in [-0.39, 0.29) is 0 Å². The molecule has 2 nitrogen and oxygen atoms in total. The van der Waals surface area contributed by atoms with Gasteiger partial charge in [-0.15, -0.1) is 0 Å². The molecule has 0 saturated carbocycles. The molecule has 0 heterocycles. The number of anilines is 2. The lowest BCUT2D eigenvalue weighted by molar-refractivity contribution is 1.15. The van der Waals surface area contributed by atoms with Crippen LogP contribution in [-0.4, -0.2) is 7.05 Å². The van der Waals surface area contributed by atoms with Gasteiger partial charge in [0.1, 0.15) is 0 Å². The first kappa shape index (κ1) is 13.2. The zero-order valence-electron chi connectivity index (χ0n) is 11.5. The number of para-hydroxylation sites is 1. The Morgan fingerprint density at radius 3 is 2.42 bits per heavy atom. The second-order valence-electron chi connectivity index (χ2n) is 4.73. The van der Waals surface area contributed by atoms with E-state index < -0.39 is 0 Å². The van der Waals surface area contributed by atoms with Crippen LogP contribution in [0.5, 0.6) is 0 Å². The molecule has 2 aromatic rings. The largest absolute Gasteiger partial charge is 0.399 e. The van der Waals surface area contributed by atoms with Gasteiger partial charge in [-0.05, 0) is 42.7 Å². The van der Waals surface area contributed by atoms with Gasteiger partial charge in [0.25, 0.3) is 0 Å². The van der Waals surface area contributed by atoms with Gasteiger partial charge in [-0.25, -0.2) is 0 Å². The van der Waals surface area contributed by atoms with Gasteiger partial charge < -0.3 is 10.6 Å². The Labute approximate surface area is 115 Å². The number of hydrogen-bond donors (Lipinski definition) is 1. The molecule has 0 unspecified atom stereocenters. The maximum atomic E-state index is 5.67. The van der Waals surface area contributed by atoms with Crippen molar-refractivity contribution in [3.8, 4) is 0 Å². The van der Waals surface area contributed by atoms with E-state index in [0.717, 1.165) is 12.1 Å². The topological polar surface area (TPSA) is 29.3 Å². The molecule has 0 fully saturated rings. The molecule has 0 aliphatic rings. The Morgan fingerprint density at radius 2 is 1.74 bits per heavy atom. The summed E-state index contributed by atoms with van der Waals surface area (Å²) in [5.74, 6) is 0. The summed E-state index contributed by atoms with van der Waals surface area (Å²) in [5.41, 5.74) is 10.3. The molecule has 0 aliphatic heterocycles. The Balaban J connectivity index is 1.99. The van der Waals surface area contributed by atoms with Gasteiger partial charge >= 0.3 is 0 Å². The van der Waals surface area contributed by atoms with Crippen molar-refractivity contribution in [3.63, 3.8) is 0 Å². The molecular formula is C17H20N2. The molecule has 0 spiro atoms. The van der Waals surface area contributed by atoms with Gasteiger partial charge in [-0.1, -0.05) is 36.4 Å². The Morgan fingerprint density at radius 1 is 1.05 bits per heavy atom. The standard InChI is InChI=1S/C17H20N2/c1-14-6-3-4-8-17(14)19(2)13-5-7-15-9-11-16(18)12-10-15/h3-6,8-13H,7,18H2,1-2H3. The van der Waals surface area contributed by atoms with Crippen LogP contribution in [0, 0.1) is 6.92 Å². The molecule has 0 radical (unpaired) electrons. The molecular weight excluding hydrogens is 232 g/mol. The van der Waals surface area contributed by atoms with E-state index in [0.29, 0.717) is 0 Å². The van der Waals surface area contributed by atoms with Crippen LogP contribution >= 0.6 is 0 Å². The summed E-state index contributed by atoms with van der Waals surface area (Å²) in [6.45, 7) is 2.12. The van der Waals surface area contributed by atoms with Crippen molar-refractivity contribution in [1.29, 1.82) is 0 Å². The predicted molar refractivity (Wildman–Crippen MR) is 83.3 cm³/mol. The average molecular weight is 252 g/mol. The van der Waals surface area contributed by atoms with Crippen LogP contribution in [0.25, 0.3) is 0 Å². The summed E-state index contributed by atoms with van der Waals surface area (Å²) < 4.78 is 0. The Bertz CT molecular complexity index is 556. The third kappa shape index (κ3) is 3.62. The molecule has 2 N–H and O–H groups in total. The van der Waals surface area contributed by atoms with E-state index in [9.17, 15) is 0 Å². The Hall–Kier alpha value is -2.22. The number of nitrogens with zero attached hydrogens (tertiary/aromatic N) is 1. The fourth-order valence-electron chi connectivity index (χ4n) is 2.04. The highest BCUT2D eigenvalue weighted by Gasteiger charge is 1.99. The van der Waals surface area contributed by atoms with Gasteiger partial charge in [0.05, 0.1) is 0 Å². The van der Waals surface area contributed by atoms with Gasteiger partial charge in [0, 0.05) is 24.6 Å². The molecule has 0 amide bonds. The molecule has 0 aromatic heterocycles. The molecule has 0 bridgehead atoms. The zero-order chi connectivity index (χ0) is 13.7. The number of benzene rings is 2. The van der Waals surface area contributed by atoms with E-state index in [1.54, 1.807) is 0 Å². The zero-order valence-corrected chi connectivity index (χ0v) is 11.5. The van der Waals surface area contributed by atoms with Crippen LogP contribution < -0.4 is 10.6 Å². The van der Waals surface area contributed by atoms with Gasteiger partial charge in [-0.2, -0.15) is 0 Å².